The van der Waals surface area contributed by atoms with Crippen LogP contribution in [0.5, 0.6) is 0 Å². The van der Waals surface area contributed by atoms with Gasteiger partial charge in [-0.05, 0) is 42.2 Å². The number of nitrogens with zero attached hydrogens (tertiary/aromatic N) is 1. The first kappa shape index (κ1) is 17.9. The Balaban J connectivity index is 1.55. The second-order valence-electron chi connectivity index (χ2n) is 6.50. The first-order valence-electron chi connectivity index (χ1n) is 8.85. The van der Waals surface area contributed by atoms with Gasteiger partial charge in [0.1, 0.15) is 6.04 Å². The van der Waals surface area contributed by atoms with Crippen molar-refractivity contribution >= 4 is 28.6 Å². The Morgan fingerprint density at radius 1 is 1.08 bits per heavy atom. The Kier molecular flexibility index (Phi) is 5.51. The van der Waals surface area contributed by atoms with E-state index in [4.69, 9.17) is 0 Å². The van der Waals surface area contributed by atoms with Gasteiger partial charge in [-0.25, -0.2) is 4.79 Å². The van der Waals surface area contributed by atoms with Gasteiger partial charge in [0, 0.05) is 25.1 Å². The summed E-state index contributed by atoms with van der Waals surface area (Å²) in [5, 5.41) is 14.0. The van der Waals surface area contributed by atoms with Crippen molar-refractivity contribution in [1.29, 1.82) is 0 Å². The molecule has 1 aliphatic rings. The quantitative estimate of drug-likeness (QED) is 0.863. The van der Waals surface area contributed by atoms with Gasteiger partial charge in [-0.3, -0.25) is 9.59 Å². The normalized spacial score (nSPS) is 17.1. The lowest BCUT2D eigenvalue weighted by Gasteiger charge is -2.33. The van der Waals surface area contributed by atoms with E-state index in [2.05, 4.69) is 5.32 Å². The number of piperidine rings is 1. The van der Waals surface area contributed by atoms with E-state index in [9.17, 15) is 19.5 Å². The van der Waals surface area contributed by atoms with E-state index in [1.54, 1.807) is 6.07 Å². The number of fused-ring (bicyclic) bond motifs is 1. The second kappa shape index (κ2) is 7.99. The van der Waals surface area contributed by atoms with Crippen LogP contribution in [0.3, 0.4) is 0 Å². The summed E-state index contributed by atoms with van der Waals surface area (Å²) < 4.78 is 0. The zero-order valence-electron chi connectivity index (χ0n) is 14.5. The molecule has 2 amide bonds. The third-order valence-corrected chi connectivity index (χ3v) is 4.74. The maximum atomic E-state index is 12.3. The van der Waals surface area contributed by atoms with Gasteiger partial charge in [-0.15, -0.1) is 0 Å². The van der Waals surface area contributed by atoms with Crippen molar-refractivity contribution in [3.8, 4) is 0 Å². The van der Waals surface area contributed by atoms with Gasteiger partial charge >= 0.3 is 5.97 Å². The number of carboxylic acids is 1. The van der Waals surface area contributed by atoms with Gasteiger partial charge in [0.05, 0.1) is 0 Å². The minimum Gasteiger partial charge on any atom is -0.480 e. The molecule has 0 spiro atoms. The number of likely N-dealkylation sites (tertiary alicyclic amines) is 1. The van der Waals surface area contributed by atoms with Crippen LogP contribution in [0.2, 0.25) is 0 Å². The second-order valence-corrected chi connectivity index (χ2v) is 6.50. The first-order chi connectivity index (χ1) is 12.6. The molecule has 2 aromatic rings. The number of carbonyl (C=O) groups excluding carboxylic acids is 2. The zero-order chi connectivity index (χ0) is 18.5. The molecule has 6 nitrogen and oxygen atoms in total. The van der Waals surface area contributed by atoms with Crippen LogP contribution >= 0.6 is 0 Å². The minimum absolute atomic E-state index is 0.100. The molecule has 3 rings (SSSR count). The van der Waals surface area contributed by atoms with Crippen molar-refractivity contribution in [2.75, 3.05) is 13.1 Å². The third kappa shape index (κ3) is 4.02. The largest absolute Gasteiger partial charge is 0.480 e. The fourth-order valence-corrected chi connectivity index (χ4v) is 3.35. The van der Waals surface area contributed by atoms with Gasteiger partial charge in [0.15, 0.2) is 0 Å². The Hall–Kier alpha value is -2.89. The predicted octanol–water partition coefficient (Wildman–Crippen LogP) is 2.43. The highest BCUT2D eigenvalue weighted by molar-refractivity contribution is 5.98. The van der Waals surface area contributed by atoms with E-state index in [0.29, 0.717) is 18.5 Å². The molecular formula is C20H22N2O4. The lowest BCUT2D eigenvalue weighted by atomic mass is 10.0. The van der Waals surface area contributed by atoms with Crippen molar-refractivity contribution < 1.29 is 19.5 Å². The molecule has 1 saturated heterocycles. The predicted molar refractivity (Wildman–Crippen MR) is 97.9 cm³/mol. The number of rotatable bonds is 5. The van der Waals surface area contributed by atoms with E-state index in [1.807, 2.05) is 36.4 Å². The van der Waals surface area contributed by atoms with E-state index in [-0.39, 0.29) is 24.8 Å². The lowest BCUT2D eigenvalue weighted by molar-refractivity contribution is -0.152. The molecule has 26 heavy (non-hydrogen) atoms. The first-order valence-corrected chi connectivity index (χ1v) is 8.85. The SMILES string of the molecule is O=C(NCCC(=O)N1CCCC[C@H]1C(=O)O)c1ccc2ccccc2c1. The highest BCUT2D eigenvalue weighted by Crippen LogP contribution is 2.18. The molecule has 1 aliphatic heterocycles. The lowest BCUT2D eigenvalue weighted by Crippen LogP contribution is -2.48. The van der Waals surface area contributed by atoms with Crippen molar-refractivity contribution in [3.63, 3.8) is 0 Å². The Morgan fingerprint density at radius 2 is 1.85 bits per heavy atom. The topological polar surface area (TPSA) is 86.7 Å². The van der Waals surface area contributed by atoms with Gasteiger partial charge in [0.2, 0.25) is 5.91 Å². The third-order valence-electron chi connectivity index (χ3n) is 4.74. The minimum atomic E-state index is -0.960. The molecule has 0 bridgehead atoms. The summed E-state index contributed by atoms with van der Waals surface area (Å²) in [6.45, 7) is 0.655. The molecule has 0 radical (unpaired) electrons. The molecule has 2 aromatic carbocycles. The molecular weight excluding hydrogens is 332 g/mol. The molecule has 136 valence electrons. The Bertz CT molecular complexity index is 833. The molecule has 0 aliphatic carbocycles. The summed E-state index contributed by atoms with van der Waals surface area (Å²) in [7, 11) is 0. The van der Waals surface area contributed by atoms with Crippen molar-refractivity contribution in [2.24, 2.45) is 0 Å². The van der Waals surface area contributed by atoms with Gasteiger partial charge in [-0.2, -0.15) is 0 Å². The van der Waals surface area contributed by atoms with Crippen LogP contribution in [-0.2, 0) is 9.59 Å². The summed E-state index contributed by atoms with van der Waals surface area (Å²) in [4.78, 5) is 37.3. The molecule has 0 aromatic heterocycles. The van der Waals surface area contributed by atoms with Gasteiger partial charge in [0.25, 0.3) is 5.91 Å². The smallest absolute Gasteiger partial charge is 0.326 e. The number of nitrogens with one attached hydrogen (secondary N) is 1. The number of carbonyl (C=O) groups is 3. The van der Waals surface area contributed by atoms with E-state index in [1.165, 1.54) is 4.90 Å². The van der Waals surface area contributed by atoms with E-state index in [0.717, 1.165) is 23.6 Å². The van der Waals surface area contributed by atoms with Crippen LogP contribution in [-0.4, -0.2) is 46.9 Å². The van der Waals surface area contributed by atoms with Crippen LogP contribution in [0.4, 0.5) is 0 Å². The fraction of sp³-hybridized carbons (Fsp3) is 0.350. The number of aliphatic carboxylic acids is 1. The summed E-state index contributed by atoms with van der Waals surface area (Å²) in [6.07, 6.45) is 2.23. The van der Waals surface area contributed by atoms with Crippen molar-refractivity contribution in [3.05, 3.63) is 48.0 Å². The summed E-state index contributed by atoms with van der Waals surface area (Å²) >= 11 is 0. The number of hydrogen-bond acceptors (Lipinski definition) is 3. The molecule has 6 heteroatoms. The van der Waals surface area contributed by atoms with Crippen molar-refractivity contribution in [1.82, 2.24) is 10.2 Å². The van der Waals surface area contributed by atoms with E-state index >= 15 is 0 Å². The van der Waals surface area contributed by atoms with Crippen LogP contribution in [0.25, 0.3) is 10.8 Å². The maximum absolute atomic E-state index is 12.3. The average Bonchev–Trinajstić information content (AvgIpc) is 2.67. The number of hydrogen-bond donors (Lipinski definition) is 2. The maximum Gasteiger partial charge on any atom is 0.326 e. The molecule has 0 saturated carbocycles. The summed E-state index contributed by atoms with van der Waals surface area (Å²) in [5.74, 6) is -1.42. The van der Waals surface area contributed by atoms with E-state index < -0.39 is 12.0 Å². The summed E-state index contributed by atoms with van der Waals surface area (Å²) in [6, 6.07) is 12.5. The number of carboxylic acid groups (broad SMARTS) is 1. The fourth-order valence-electron chi connectivity index (χ4n) is 3.35. The van der Waals surface area contributed by atoms with Gasteiger partial charge in [-0.1, -0.05) is 30.3 Å². The monoisotopic (exact) mass is 354 g/mol. The molecule has 1 heterocycles. The number of benzene rings is 2. The van der Waals surface area contributed by atoms with Crippen LogP contribution in [0.15, 0.2) is 42.5 Å². The van der Waals surface area contributed by atoms with Gasteiger partial charge < -0.3 is 15.3 Å². The zero-order valence-corrected chi connectivity index (χ0v) is 14.5. The Labute approximate surface area is 151 Å². The molecule has 0 unspecified atom stereocenters. The molecule has 1 fully saturated rings. The standard InChI is InChI=1S/C20H22N2O4/c23-18(22-12-4-3-7-17(22)20(25)26)10-11-21-19(24)16-9-8-14-5-1-2-6-15(14)13-16/h1-2,5-6,8-9,13,17H,3-4,7,10-12H2,(H,21,24)(H,25,26)/t17-/m0/s1. The molecule has 1 atom stereocenters. The van der Waals surface area contributed by atoms with Crippen molar-refractivity contribution in [2.45, 2.75) is 31.7 Å². The van der Waals surface area contributed by atoms with Crippen LogP contribution in [0.1, 0.15) is 36.0 Å². The van der Waals surface area contributed by atoms with Crippen LogP contribution in [0, 0.1) is 0 Å². The average molecular weight is 354 g/mol. The molecule has 2 N–H and O–H groups in total. The highest BCUT2D eigenvalue weighted by Gasteiger charge is 2.31. The van der Waals surface area contributed by atoms with Crippen LogP contribution < -0.4 is 5.32 Å². The highest BCUT2D eigenvalue weighted by atomic mass is 16.4. The Morgan fingerprint density at radius 3 is 2.62 bits per heavy atom. The summed E-state index contributed by atoms with van der Waals surface area (Å²) in [5.41, 5.74) is 0.539. The number of amides is 2.